The number of benzene rings is 1. The second-order valence-corrected chi connectivity index (χ2v) is 7.36. The van der Waals surface area contributed by atoms with E-state index in [0.29, 0.717) is 19.0 Å². The van der Waals surface area contributed by atoms with Gasteiger partial charge in [0.2, 0.25) is 0 Å². The van der Waals surface area contributed by atoms with Crippen LogP contribution in [0.15, 0.2) is 48.8 Å². The van der Waals surface area contributed by atoms with Crippen molar-refractivity contribution >= 4 is 5.91 Å². The van der Waals surface area contributed by atoms with Crippen LogP contribution in [0.25, 0.3) is 0 Å². The van der Waals surface area contributed by atoms with Crippen molar-refractivity contribution in [3.05, 3.63) is 59.9 Å². The van der Waals surface area contributed by atoms with Crippen LogP contribution in [-0.4, -0.2) is 35.7 Å². The number of hydrogen-bond donors (Lipinski definition) is 1. The van der Waals surface area contributed by atoms with Crippen molar-refractivity contribution in [3.8, 4) is 5.75 Å². The second-order valence-electron chi connectivity index (χ2n) is 7.36. The molecule has 0 unspecified atom stereocenters. The van der Waals surface area contributed by atoms with Crippen LogP contribution >= 0.6 is 0 Å². The molecule has 1 N–H and O–H groups in total. The Kier molecular flexibility index (Phi) is 5.57. The summed E-state index contributed by atoms with van der Waals surface area (Å²) in [7, 11) is 0. The minimum atomic E-state index is -0.959. The fourth-order valence-electron chi connectivity index (χ4n) is 3.07. The summed E-state index contributed by atoms with van der Waals surface area (Å²) < 4.78 is 11.5. The Morgan fingerprint density at radius 3 is 2.58 bits per heavy atom. The first-order valence-corrected chi connectivity index (χ1v) is 8.97. The van der Waals surface area contributed by atoms with E-state index in [-0.39, 0.29) is 17.9 Å². The molecule has 0 radical (unpaired) electrons. The SMILES string of the molecule is Cc1ccc(OC(C)(C)C(=O)N[C@@H]2COC[C@H]2Cc2ccncc2)cc1. The average Bonchev–Trinajstić information content (AvgIpc) is 3.04. The van der Waals surface area contributed by atoms with E-state index in [0.717, 1.165) is 12.0 Å². The Bertz CT molecular complexity index is 729. The van der Waals surface area contributed by atoms with Gasteiger partial charge >= 0.3 is 0 Å². The Hall–Kier alpha value is -2.40. The minimum absolute atomic E-state index is 0.0171. The Balaban J connectivity index is 1.61. The van der Waals surface area contributed by atoms with E-state index in [4.69, 9.17) is 9.47 Å². The van der Waals surface area contributed by atoms with Crippen molar-refractivity contribution in [1.82, 2.24) is 10.3 Å². The Labute approximate surface area is 154 Å². The lowest BCUT2D eigenvalue weighted by Gasteiger charge is -2.28. The zero-order valence-corrected chi connectivity index (χ0v) is 15.6. The maximum Gasteiger partial charge on any atom is 0.263 e. The van der Waals surface area contributed by atoms with E-state index < -0.39 is 5.60 Å². The first-order valence-electron chi connectivity index (χ1n) is 8.97. The maximum atomic E-state index is 12.8. The van der Waals surface area contributed by atoms with Crippen LogP contribution < -0.4 is 10.1 Å². The fraction of sp³-hybridized carbons (Fsp3) is 0.429. The van der Waals surface area contributed by atoms with Crippen LogP contribution in [0.2, 0.25) is 0 Å². The molecule has 0 bridgehead atoms. The monoisotopic (exact) mass is 354 g/mol. The lowest BCUT2D eigenvalue weighted by atomic mass is 9.94. The van der Waals surface area contributed by atoms with Crippen molar-refractivity contribution in [2.24, 2.45) is 5.92 Å². The molecule has 0 spiro atoms. The average molecular weight is 354 g/mol. The minimum Gasteiger partial charge on any atom is -0.478 e. The number of rotatable bonds is 6. The molecule has 2 atom stereocenters. The maximum absolute atomic E-state index is 12.8. The molecule has 138 valence electrons. The van der Waals surface area contributed by atoms with Crippen molar-refractivity contribution in [2.75, 3.05) is 13.2 Å². The molecule has 2 heterocycles. The molecule has 5 heteroatoms. The third kappa shape index (κ3) is 4.61. The highest BCUT2D eigenvalue weighted by Gasteiger charge is 2.36. The molecule has 2 aromatic rings. The smallest absolute Gasteiger partial charge is 0.263 e. The summed E-state index contributed by atoms with van der Waals surface area (Å²) in [5.74, 6) is 0.802. The third-order valence-corrected chi connectivity index (χ3v) is 4.70. The number of nitrogens with zero attached hydrogens (tertiary/aromatic N) is 1. The first kappa shape index (κ1) is 18.4. The normalized spacial score (nSPS) is 20.0. The van der Waals surface area contributed by atoms with Gasteiger partial charge in [-0.3, -0.25) is 9.78 Å². The van der Waals surface area contributed by atoms with Gasteiger partial charge in [0.15, 0.2) is 5.60 Å². The van der Waals surface area contributed by atoms with Gasteiger partial charge in [-0.05, 0) is 57.0 Å². The summed E-state index contributed by atoms with van der Waals surface area (Å²) >= 11 is 0. The fourth-order valence-corrected chi connectivity index (χ4v) is 3.07. The van der Waals surface area contributed by atoms with Crippen molar-refractivity contribution in [1.29, 1.82) is 0 Å². The number of ether oxygens (including phenoxy) is 2. The molecule has 3 rings (SSSR count). The predicted octanol–water partition coefficient (Wildman–Crippen LogP) is 2.92. The number of carbonyl (C=O) groups is 1. The van der Waals surface area contributed by atoms with Crippen LogP contribution in [0.3, 0.4) is 0 Å². The molecule has 1 aliphatic rings. The van der Waals surface area contributed by atoms with Crippen LogP contribution in [0, 0.1) is 12.8 Å². The number of pyridine rings is 1. The molecule has 1 fully saturated rings. The van der Waals surface area contributed by atoms with Crippen LogP contribution in [0.5, 0.6) is 5.75 Å². The molecule has 5 nitrogen and oxygen atoms in total. The van der Waals surface area contributed by atoms with Gasteiger partial charge in [-0.1, -0.05) is 17.7 Å². The highest BCUT2D eigenvalue weighted by molar-refractivity contribution is 5.85. The van der Waals surface area contributed by atoms with Gasteiger partial charge in [-0.2, -0.15) is 0 Å². The molecule has 1 aliphatic heterocycles. The van der Waals surface area contributed by atoms with E-state index in [9.17, 15) is 4.79 Å². The first-order chi connectivity index (χ1) is 12.4. The number of nitrogens with one attached hydrogen (secondary N) is 1. The quantitative estimate of drug-likeness (QED) is 0.866. The molecule has 1 aromatic carbocycles. The largest absolute Gasteiger partial charge is 0.478 e. The number of aryl methyl sites for hydroxylation is 1. The van der Waals surface area contributed by atoms with Crippen molar-refractivity contribution in [3.63, 3.8) is 0 Å². The van der Waals surface area contributed by atoms with E-state index >= 15 is 0 Å². The molecule has 0 saturated carbocycles. The van der Waals surface area contributed by atoms with E-state index in [1.165, 1.54) is 5.56 Å². The topological polar surface area (TPSA) is 60.5 Å². The van der Waals surface area contributed by atoms with Crippen molar-refractivity contribution in [2.45, 2.75) is 38.8 Å². The summed E-state index contributed by atoms with van der Waals surface area (Å²) in [6.07, 6.45) is 4.43. The zero-order chi connectivity index (χ0) is 18.6. The van der Waals surface area contributed by atoms with Gasteiger partial charge < -0.3 is 14.8 Å². The Morgan fingerprint density at radius 1 is 1.19 bits per heavy atom. The lowest BCUT2D eigenvalue weighted by molar-refractivity contribution is -0.135. The standard InChI is InChI=1S/C21H26N2O3/c1-15-4-6-18(7-5-15)26-21(2,3)20(24)23-19-14-25-13-17(19)12-16-8-10-22-11-9-16/h4-11,17,19H,12-14H2,1-3H3,(H,23,24)/t17-,19-/m1/s1. The summed E-state index contributed by atoms with van der Waals surface area (Å²) in [5.41, 5.74) is 1.39. The highest BCUT2D eigenvalue weighted by atomic mass is 16.5. The molecule has 1 saturated heterocycles. The van der Waals surface area contributed by atoms with E-state index in [1.807, 2.05) is 43.3 Å². The van der Waals surface area contributed by atoms with Crippen LogP contribution in [0.1, 0.15) is 25.0 Å². The lowest BCUT2D eigenvalue weighted by Crippen LogP contribution is -2.52. The third-order valence-electron chi connectivity index (χ3n) is 4.70. The number of amides is 1. The molecular weight excluding hydrogens is 328 g/mol. The Morgan fingerprint density at radius 2 is 1.88 bits per heavy atom. The van der Waals surface area contributed by atoms with Crippen molar-refractivity contribution < 1.29 is 14.3 Å². The van der Waals surface area contributed by atoms with Crippen LogP contribution in [-0.2, 0) is 16.0 Å². The molecule has 1 aromatic heterocycles. The molecular formula is C21H26N2O3. The summed E-state index contributed by atoms with van der Waals surface area (Å²) in [6.45, 7) is 6.77. The predicted molar refractivity (Wildman–Crippen MR) is 100 cm³/mol. The summed E-state index contributed by atoms with van der Waals surface area (Å²) in [5, 5.41) is 3.12. The second kappa shape index (κ2) is 7.87. The number of aromatic nitrogens is 1. The number of carbonyl (C=O) groups excluding carboxylic acids is 1. The van der Waals surface area contributed by atoms with Gasteiger partial charge in [0.05, 0.1) is 19.3 Å². The summed E-state index contributed by atoms with van der Waals surface area (Å²) in [4.78, 5) is 16.8. The van der Waals surface area contributed by atoms with Gasteiger partial charge in [-0.15, -0.1) is 0 Å². The highest BCUT2D eigenvalue weighted by Crippen LogP contribution is 2.22. The van der Waals surface area contributed by atoms with Gasteiger partial charge in [0.25, 0.3) is 5.91 Å². The van der Waals surface area contributed by atoms with Gasteiger partial charge in [0, 0.05) is 18.3 Å². The van der Waals surface area contributed by atoms with Crippen LogP contribution in [0.4, 0.5) is 0 Å². The number of hydrogen-bond acceptors (Lipinski definition) is 4. The molecule has 26 heavy (non-hydrogen) atoms. The molecule has 1 amide bonds. The van der Waals surface area contributed by atoms with E-state index in [2.05, 4.69) is 10.3 Å². The molecule has 0 aliphatic carbocycles. The zero-order valence-electron chi connectivity index (χ0n) is 15.6. The summed E-state index contributed by atoms with van der Waals surface area (Å²) in [6, 6.07) is 11.7. The van der Waals surface area contributed by atoms with Gasteiger partial charge in [-0.25, -0.2) is 0 Å². The van der Waals surface area contributed by atoms with Gasteiger partial charge in [0.1, 0.15) is 5.75 Å². The van der Waals surface area contributed by atoms with E-state index in [1.54, 1.807) is 26.2 Å².